The zero-order valence-corrected chi connectivity index (χ0v) is 7.95. The smallest absolute Gasteiger partial charge is 0.164 e. The van der Waals surface area contributed by atoms with E-state index in [0.717, 1.165) is 13.1 Å². The molecule has 72 valence electrons. The average molecular weight is 181 g/mol. The van der Waals surface area contributed by atoms with E-state index in [1.807, 2.05) is 6.92 Å². The Balaban J connectivity index is 1.88. The Morgan fingerprint density at radius 2 is 2.46 bits per heavy atom. The molecule has 1 spiro atoms. The predicted molar refractivity (Wildman–Crippen MR) is 47.4 cm³/mol. The predicted octanol–water partition coefficient (Wildman–Crippen LogP) is 0.439. The van der Waals surface area contributed by atoms with E-state index in [-0.39, 0.29) is 11.7 Å². The van der Waals surface area contributed by atoms with Gasteiger partial charge in [0.05, 0.1) is 5.60 Å². The van der Waals surface area contributed by atoms with Gasteiger partial charge in [0.2, 0.25) is 0 Å². The Kier molecular flexibility index (Phi) is 1.43. The first-order chi connectivity index (χ1) is 6.20. The molecule has 0 aliphatic carbocycles. The Hall–Kier alpha value is -0.410. The van der Waals surface area contributed by atoms with Crippen LogP contribution in [0.5, 0.6) is 0 Å². The SMILES string of the molecule is CC1O[C@@]2(CC1=O)CN1CC[C@@H]2C1. The molecule has 0 aromatic heterocycles. The van der Waals surface area contributed by atoms with Gasteiger partial charge < -0.3 is 9.64 Å². The van der Waals surface area contributed by atoms with E-state index in [2.05, 4.69) is 4.90 Å². The van der Waals surface area contributed by atoms with Crippen molar-refractivity contribution in [1.82, 2.24) is 4.90 Å². The van der Waals surface area contributed by atoms with Gasteiger partial charge in [-0.15, -0.1) is 0 Å². The summed E-state index contributed by atoms with van der Waals surface area (Å²) in [7, 11) is 0. The van der Waals surface area contributed by atoms with Crippen LogP contribution in [0.15, 0.2) is 0 Å². The van der Waals surface area contributed by atoms with E-state index >= 15 is 0 Å². The molecule has 3 heterocycles. The molecule has 4 atom stereocenters. The normalized spacial score (nSPS) is 53.9. The molecule has 3 saturated heterocycles. The van der Waals surface area contributed by atoms with Crippen molar-refractivity contribution in [1.29, 1.82) is 0 Å². The highest BCUT2D eigenvalue weighted by Crippen LogP contribution is 2.45. The van der Waals surface area contributed by atoms with Crippen LogP contribution in [0.2, 0.25) is 0 Å². The minimum absolute atomic E-state index is 0.0747. The second kappa shape index (κ2) is 2.34. The van der Waals surface area contributed by atoms with Gasteiger partial charge in [0.25, 0.3) is 0 Å². The van der Waals surface area contributed by atoms with E-state index in [1.165, 1.54) is 13.0 Å². The van der Waals surface area contributed by atoms with E-state index in [1.54, 1.807) is 0 Å². The molecule has 3 aliphatic heterocycles. The van der Waals surface area contributed by atoms with Crippen molar-refractivity contribution in [3.8, 4) is 0 Å². The number of hydrogen-bond donors (Lipinski definition) is 0. The van der Waals surface area contributed by atoms with E-state index in [9.17, 15) is 4.79 Å². The van der Waals surface area contributed by atoms with Gasteiger partial charge in [0.1, 0.15) is 6.10 Å². The topological polar surface area (TPSA) is 29.5 Å². The maximum absolute atomic E-state index is 11.5. The third-order valence-electron chi connectivity index (χ3n) is 3.85. The first-order valence-electron chi connectivity index (χ1n) is 5.12. The summed E-state index contributed by atoms with van der Waals surface area (Å²) < 4.78 is 5.86. The average Bonchev–Trinajstić information content (AvgIpc) is 2.68. The highest BCUT2D eigenvalue weighted by atomic mass is 16.5. The first-order valence-corrected chi connectivity index (χ1v) is 5.12. The molecule has 0 aromatic rings. The van der Waals surface area contributed by atoms with Crippen LogP contribution in [-0.4, -0.2) is 42.0 Å². The molecule has 3 aliphatic rings. The maximum atomic E-state index is 11.5. The van der Waals surface area contributed by atoms with Crippen LogP contribution in [0.4, 0.5) is 0 Å². The Bertz CT molecular complexity index is 266. The van der Waals surface area contributed by atoms with Gasteiger partial charge in [-0.25, -0.2) is 0 Å². The molecular formula is C10H15NO2. The van der Waals surface area contributed by atoms with Crippen LogP contribution in [0.3, 0.4) is 0 Å². The Morgan fingerprint density at radius 1 is 1.62 bits per heavy atom. The molecule has 0 aromatic carbocycles. The first kappa shape index (κ1) is 7.94. The van der Waals surface area contributed by atoms with E-state index in [0.29, 0.717) is 18.1 Å². The molecule has 0 amide bonds. The van der Waals surface area contributed by atoms with Crippen LogP contribution in [0, 0.1) is 5.92 Å². The summed E-state index contributed by atoms with van der Waals surface area (Å²) >= 11 is 0. The minimum Gasteiger partial charge on any atom is -0.362 e. The fourth-order valence-electron chi connectivity index (χ4n) is 3.15. The quantitative estimate of drug-likeness (QED) is 0.543. The fourth-order valence-corrected chi connectivity index (χ4v) is 3.15. The summed E-state index contributed by atoms with van der Waals surface area (Å²) in [6, 6.07) is 0. The van der Waals surface area contributed by atoms with Crippen molar-refractivity contribution in [3.63, 3.8) is 0 Å². The van der Waals surface area contributed by atoms with Crippen molar-refractivity contribution < 1.29 is 9.53 Å². The second-order valence-electron chi connectivity index (χ2n) is 4.69. The molecule has 0 saturated carbocycles. The highest BCUT2D eigenvalue weighted by molar-refractivity contribution is 5.85. The van der Waals surface area contributed by atoms with Gasteiger partial charge in [0.15, 0.2) is 5.78 Å². The summed E-state index contributed by atoms with van der Waals surface area (Å²) in [6.45, 7) is 5.24. The zero-order chi connectivity index (χ0) is 9.05. The highest BCUT2D eigenvalue weighted by Gasteiger charge is 2.56. The van der Waals surface area contributed by atoms with E-state index < -0.39 is 0 Å². The maximum Gasteiger partial charge on any atom is 0.164 e. The molecule has 3 rings (SSSR count). The lowest BCUT2D eigenvalue weighted by Crippen LogP contribution is -2.42. The number of rotatable bonds is 0. The number of carbonyl (C=O) groups excluding carboxylic acids is 1. The van der Waals surface area contributed by atoms with Gasteiger partial charge in [0, 0.05) is 25.4 Å². The fraction of sp³-hybridized carbons (Fsp3) is 0.900. The van der Waals surface area contributed by atoms with Crippen LogP contribution in [0.1, 0.15) is 19.8 Å². The zero-order valence-electron chi connectivity index (χ0n) is 7.95. The minimum atomic E-state index is -0.152. The Labute approximate surface area is 78.0 Å². The number of ketones is 1. The van der Waals surface area contributed by atoms with Crippen molar-refractivity contribution >= 4 is 5.78 Å². The number of hydrogen-bond acceptors (Lipinski definition) is 3. The monoisotopic (exact) mass is 181 g/mol. The molecule has 3 heteroatoms. The third kappa shape index (κ3) is 0.945. The lowest BCUT2D eigenvalue weighted by molar-refractivity contribution is -0.122. The van der Waals surface area contributed by atoms with Crippen LogP contribution in [0.25, 0.3) is 0 Å². The number of nitrogens with zero attached hydrogens (tertiary/aromatic N) is 1. The van der Waals surface area contributed by atoms with Gasteiger partial charge in [-0.2, -0.15) is 0 Å². The number of Topliss-reactive ketones (excluding diaryl/α,β-unsaturated/α-hetero) is 1. The standard InChI is InChI=1S/C10H15NO2/c1-7-9(12)4-10(13-7)6-11-3-2-8(10)5-11/h7-8H,2-6H2,1H3/t7?,8-,10+/m1/s1. The molecule has 3 nitrogen and oxygen atoms in total. The van der Waals surface area contributed by atoms with Crippen LogP contribution in [-0.2, 0) is 9.53 Å². The number of fused-ring (bicyclic) bond motifs is 3. The Morgan fingerprint density at radius 3 is 2.92 bits per heavy atom. The molecule has 0 N–H and O–H groups in total. The molecule has 0 radical (unpaired) electrons. The number of piperidine rings is 1. The summed E-state index contributed by atoms with van der Waals surface area (Å²) in [5.74, 6) is 0.926. The summed E-state index contributed by atoms with van der Waals surface area (Å²) in [6.07, 6.45) is 1.73. The summed E-state index contributed by atoms with van der Waals surface area (Å²) in [5.41, 5.74) is -0.0747. The summed E-state index contributed by atoms with van der Waals surface area (Å²) in [4.78, 5) is 13.9. The number of ether oxygens (including phenoxy) is 1. The van der Waals surface area contributed by atoms with Crippen molar-refractivity contribution in [2.45, 2.75) is 31.5 Å². The van der Waals surface area contributed by atoms with Crippen molar-refractivity contribution in [3.05, 3.63) is 0 Å². The van der Waals surface area contributed by atoms with Gasteiger partial charge in [-0.3, -0.25) is 4.79 Å². The molecule has 13 heavy (non-hydrogen) atoms. The second-order valence-corrected chi connectivity index (χ2v) is 4.69. The lowest BCUT2D eigenvalue weighted by Gasteiger charge is -2.32. The molecule has 2 bridgehead atoms. The van der Waals surface area contributed by atoms with Gasteiger partial charge in [-0.05, 0) is 19.9 Å². The van der Waals surface area contributed by atoms with E-state index in [4.69, 9.17) is 4.74 Å². The van der Waals surface area contributed by atoms with Crippen LogP contribution < -0.4 is 0 Å². The van der Waals surface area contributed by atoms with Crippen molar-refractivity contribution in [2.75, 3.05) is 19.6 Å². The summed E-state index contributed by atoms with van der Waals surface area (Å²) in [5, 5.41) is 0. The van der Waals surface area contributed by atoms with Gasteiger partial charge in [-0.1, -0.05) is 0 Å². The molecule has 3 fully saturated rings. The third-order valence-corrected chi connectivity index (χ3v) is 3.85. The van der Waals surface area contributed by atoms with Gasteiger partial charge >= 0.3 is 0 Å². The lowest BCUT2D eigenvalue weighted by atomic mass is 9.85. The largest absolute Gasteiger partial charge is 0.362 e. The molecular weight excluding hydrogens is 166 g/mol. The van der Waals surface area contributed by atoms with Crippen LogP contribution >= 0.6 is 0 Å². The number of carbonyl (C=O) groups is 1. The molecule has 2 unspecified atom stereocenters. The van der Waals surface area contributed by atoms with Crippen molar-refractivity contribution in [2.24, 2.45) is 5.92 Å².